The summed E-state index contributed by atoms with van der Waals surface area (Å²) in [5.41, 5.74) is 3.60. The van der Waals surface area contributed by atoms with Gasteiger partial charge in [-0.1, -0.05) is 26.8 Å². The van der Waals surface area contributed by atoms with Gasteiger partial charge in [-0.25, -0.2) is 4.39 Å². The number of hydrogen-bond acceptors (Lipinski definition) is 2. The molecule has 1 N–H and O–H groups in total. The topological polar surface area (TPSA) is 41.5 Å². The summed E-state index contributed by atoms with van der Waals surface area (Å²) in [5.74, 6) is 1.64. The van der Waals surface area contributed by atoms with Crippen LogP contribution in [0.5, 0.6) is 0 Å². The SMILES string of the molecule is C=Nc1ccc(F)cc1/C(=C\C)[C@H]1CC[C@@H]([C@@H](C)C(=O)NC23CC4CC(C)(CC(C)(C4)C2)C3)CC1. The van der Waals surface area contributed by atoms with E-state index in [2.05, 4.69) is 43.9 Å². The molecule has 190 valence electrons. The second kappa shape index (κ2) is 8.85. The van der Waals surface area contributed by atoms with Crippen LogP contribution in [0.1, 0.15) is 97.5 Å². The first-order chi connectivity index (χ1) is 16.6. The van der Waals surface area contributed by atoms with Crippen LogP contribution in [0.15, 0.2) is 29.3 Å². The fourth-order valence-corrected chi connectivity index (χ4v) is 9.60. The lowest BCUT2D eigenvalue weighted by Gasteiger charge is -2.65. The molecule has 3 nitrogen and oxygen atoms in total. The molecule has 4 bridgehead atoms. The van der Waals surface area contributed by atoms with Crippen molar-refractivity contribution >= 4 is 23.9 Å². The van der Waals surface area contributed by atoms with Crippen molar-refractivity contribution in [3.05, 3.63) is 35.7 Å². The minimum Gasteiger partial charge on any atom is -0.350 e. The zero-order chi connectivity index (χ0) is 25.0. The van der Waals surface area contributed by atoms with Crippen molar-refractivity contribution < 1.29 is 9.18 Å². The quantitative estimate of drug-likeness (QED) is 0.415. The number of rotatable bonds is 6. The molecule has 0 radical (unpaired) electrons. The van der Waals surface area contributed by atoms with Crippen LogP contribution in [-0.2, 0) is 4.79 Å². The molecule has 0 aliphatic heterocycles. The Balaban J connectivity index is 1.23. The number of aliphatic imine (C=N–C) groups is 1. The Hall–Kier alpha value is -1.97. The average Bonchev–Trinajstić information content (AvgIpc) is 2.77. The lowest BCUT2D eigenvalue weighted by molar-refractivity contribution is -0.143. The molecule has 5 fully saturated rings. The number of hydrogen-bond donors (Lipinski definition) is 1. The Bertz CT molecular complexity index is 1020. The molecule has 3 atom stereocenters. The summed E-state index contributed by atoms with van der Waals surface area (Å²) in [7, 11) is 0. The number of allylic oxidation sites excluding steroid dienone is 2. The van der Waals surface area contributed by atoms with Gasteiger partial charge in [-0.15, -0.1) is 0 Å². The Kier molecular flexibility index (Phi) is 6.25. The average molecular weight is 479 g/mol. The van der Waals surface area contributed by atoms with Crippen LogP contribution >= 0.6 is 0 Å². The van der Waals surface area contributed by atoms with Gasteiger partial charge in [-0.3, -0.25) is 9.79 Å². The van der Waals surface area contributed by atoms with Crippen LogP contribution in [-0.4, -0.2) is 18.2 Å². The third-order valence-corrected chi connectivity index (χ3v) is 10.1. The van der Waals surface area contributed by atoms with Gasteiger partial charge in [0, 0.05) is 17.0 Å². The first kappa shape index (κ1) is 24.7. The predicted octanol–water partition coefficient (Wildman–Crippen LogP) is 7.87. The molecular weight excluding hydrogens is 435 g/mol. The van der Waals surface area contributed by atoms with Crippen molar-refractivity contribution in [2.75, 3.05) is 0 Å². The molecule has 6 rings (SSSR count). The molecule has 1 aromatic carbocycles. The van der Waals surface area contributed by atoms with Gasteiger partial charge in [0.25, 0.3) is 0 Å². The van der Waals surface area contributed by atoms with Gasteiger partial charge in [0.2, 0.25) is 5.91 Å². The second-order valence-electron chi connectivity index (χ2n) is 13.4. The number of amides is 1. The van der Waals surface area contributed by atoms with Gasteiger partial charge in [0.1, 0.15) is 5.82 Å². The van der Waals surface area contributed by atoms with Crippen molar-refractivity contribution in [2.45, 2.75) is 97.4 Å². The molecule has 1 aromatic rings. The van der Waals surface area contributed by atoms with E-state index in [0.717, 1.165) is 61.3 Å². The van der Waals surface area contributed by atoms with Gasteiger partial charge in [-0.2, -0.15) is 0 Å². The number of carbonyl (C=O) groups excluding carboxylic acids is 1. The summed E-state index contributed by atoms with van der Waals surface area (Å²) < 4.78 is 14.0. The van der Waals surface area contributed by atoms with Crippen LogP contribution < -0.4 is 5.32 Å². The zero-order valence-electron chi connectivity index (χ0n) is 22.1. The van der Waals surface area contributed by atoms with Crippen LogP contribution in [0.2, 0.25) is 0 Å². The molecule has 0 aromatic heterocycles. The highest BCUT2D eigenvalue weighted by Gasteiger charge is 2.60. The summed E-state index contributed by atoms with van der Waals surface area (Å²) in [5, 5.41) is 3.65. The standard InChI is InChI=1S/C31H43FN2O/c1-6-25(26-13-24(32)11-12-27(26)33-5)23-9-7-22(8-10-23)20(2)28(35)34-31-16-21-14-29(3,18-31)17-30(4,15-21)19-31/h6,11-13,20-23H,5,7-10,14-19H2,1-4H3,(H,34,35)/b25-6-/t20-,21?,22-,23+,29?,30?,31?/m1/s1. The monoisotopic (exact) mass is 478 g/mol. The summed E-state index contributed by atoms with van der Waals surface area (Å²) in [6.07, 6.45) is 13.8. The van der Waals surface area contributed by atoms with E-state index in [4.69, 9.17) is 0 Å². The molecule has 4 heteroatoms. The van der Waals surface area contributed by atoms with E-state index in [1.54, 1.807) is 12.1 Å². The lowest BCUT2D eigenvalue weighted by atomic mass is 9.42. The maximum absolute atomic E-state index is 14.0. The van der Waals surface area contributed by atoms with Crippen LogP contribution in [0.4, 0.5) is 10.1 Å². The lowest BCUT2D eigenvalue weighted by Crippen LogP contribution is -2.65. The van der Waals surface area contributed by atoms with E-state index in [-0.39, 0.29) is 23.2 Å². The van der Waals surface area contributed by atoms with Crippen molar-refractivity contribution in [1.82, 2.24) is 5.32 Å². The predicted molar refractivity (Wildman–Crippen MR) is 142 cm³/mol. The van der Waals surface area contributed by atoms with Gasteiger partial charge in [0.15, 0.2) is 0 Å². The zero-order valence-corrected chi connectivity index (χ0v) is 22.1. The summed E-state index contributed by atoms with van der Waals surface area (Å²) >= 11 is 0. The molecule has 1 amide bonds. The molecule has 5 aliphatic rings. The molecule has 2 unspecified atom stereocenters. The summed E-state index contributed by atoms with van der Waals surface area (Å²) in [4.78, 5) is 17.7. The maximum Gasteiger partial charge on any atom is 0.223 e. The number of benzene rings is 1. The van der Waals surface area contributed by atoms with Gasteiger partial charge in [0.05, 0.1) is 5.69 Å². The molecule has 5 aliphatic carbocycles. The Labute approximate surface area is 211 Å². The Morgan fingerprint density at radius 3 is 2.34 bits per heavy atom. The minimum atomic E-state index is -0.238. The summed E-state index contributed by atoms with van der Waals surface area (Å²) in [6.45, 7) is 12.8. The first-order valence-electron chi connectivity index (χ1n) is 13.8. The fraction of sp³-hybridized carbons (Fsp3) is 0.677. The number of nitrogens with zero attached hydrogens (tertiary/aromatic N) is 1. The van der Waals surface area contributed by atoms with Gasteiger partial charge in [-0.05, 0) is 130 Å². The molecule has 0 spiro atoms. The van der Waals surface area contributed by atoms with E-state index >= 15 is 0 Å². The summed E-state index contributed by atoms with van der Waals surface area (Å²) in [6, 6.07) is 4.75. The highest BCUT2D eigenvalue weighted by Crippen LogP contribution is 2.66. The van der Waals surface area contributed by atoms with E-state index in [9.17, 15) is 9.18 Å². The number of nitrogens with one attached hydrogen (secondary N) is 1. The van der Waals surface area contributed by atoms with Crippen LogP contribution in [0.3, 0.4) is 0 Å². The molecule has 0 saturated heterocycles. The van der Waals surface area contributed by atoms with Crippen LogP contribution in [0, 0.1) is 40.3 Å². The Morgan fingerprint density at radius 2 is 1.77 bits per heavy atom. The maximum atomic E-state index is 14.0. The molecule has 35 heavy (non-hydrogen) atoms. The van der Waals surface area contributed by atoms with Crippen molar-refractivity contribution in [3.8, 4) is 0 Å². The largest absolute Gasteiger partial charge is 0.350 e. The molecule has 5 saturated carbocycles. The van der Waals surface area contributed by atoms with Crippen molar-refractivity contribution in [1.29, 1.82) is 0 Å². The highest BCUT2D eigenvalue weighted by atomic mass is 19.1. The van der Waals surface area contributed by atoms with Gasteiger partial charge < -0.3 is 5.32 Å². The van der Waals surface area contributed by atoms with Gasteiger partial charge >= 0.3 is 0 Å². The fourth-order valence-electron chi connectivity index (χ4n) is 9.60. The third-order valence-electron chi connectivity index (χ3n) is 10.1. The van der Waals surface area contributed by atoms with E-state index in [1.165, 1.54) is 31.7 Å². The highest BCUT2D eigenvalue weighted by molar-refractivity contribution is 5.80. The van der Waals surface area contributed by atoms with E-state index in [0.29, 0.717) is 22.7 Å². The number of halogens is 1. The third kappa shape index (κ3) is 4.62. The van der Waals surface area contributed by atoms with Crippen LogP contribution in [0.25, 0.3) is 5.57 Å². The van der Waals surface area contributed by atoms with E-state index < -0.39 is 0 Å². The molecule has 0 heterocycles. The Morgan fingerprint density at radius 1 is 1.11 bits per heavy atom. The normalized spacial score (nSPS) is 39.3. The first-order valence-corrected chi connectivity index (χ1v) is 13.8. The minimum absolute atomic E-state index is 0.0229. The van der Waals surface area contributed by atoms with E-state index in [1.807, 2.05) is 6.92 Å². The number of carbonyl (C=O) groups is 1. The van der Waals surface area contributed by atoms with Crippen molar-refractivity contribution in [2.24, 2.45) is 39.5 Å². The second-order valence-corrected chi connectivity index (χ2v) is 13.4. The molecular formula is C31H43FN2O. The van der Waals surface area contributed by atoms with Crippen molar-refractivity contribution in [3.63, 3.8) is 0 Å². The smallest absolute Gasteiger partial charge is 0.223 e.